The minimum Gasteiger partial charge on any atom is -0.392 e. The predicted octanol–water partition coefficient (Wildman–Crippen LogP) is 2.94. The molecule has 0 bridgehead atoms. The van der Waals surface area contributed by atoms with E-state index in [9.17, 15) is 17.9 Å². The lowest BCUT2D eigenvalue weighted by Gasteiger charge is -2.34. The number of fused-ring (bicyclic) bond motifs is 3. The molecule has 0 spiro atoms. The maximum atomic E-state index is 13.1. The van der Waals surface area contributed by atoms with Gasteiger partial charge in [0, 0.05) is 43.9 Å². The van der Waals surface area contributed by atoms with Crippen LogP contribution >= 0.6 is 0 Å². The van der Waals surface area contributed by atoms with Crippen LogP contribution in [0.1, 0.15) is 11.1 Å². The number of benzene rings is 3. The molecule has 1 N–H and O–H groups in total. The van der Waals surface area contributed by atoms with Gasteiger partial charge in [-0.2, -0.15) is 4.31 Å². The highest BCUT2D eigenvalue weighted by molar-refractivity contribution is 7.89. The number of oxime groups is 1. The van der Waals surface area contributed by atoms with Gasteiger partial charge in [-0.15, -0.1) is 0 Å². The van der Waals surface area contributed by atoms with E-state index in [-0.39, 0.29) is 11.5 Å². The van der Waals surface area contributed by atoms with Crippen LogP contribution in [0.3, 0.4) is 0 Å². The van der Waals surface area contributed by atoms with Gasteiger partial charge in [-0.25, -0.2) is 12.8 Å². The Labute approximate surface area is 204 Å². The number of piperazine rings is 1. The molecule has 1 unspecified atom stereocenters. The van der Waals surface area contributed by atoms with Gasteiger partial charge in [0.25, 0.3) is 0 Å². The summed E-state index contributed by atoms with van der Waals surface area (Å²) in [5, 5.41) is 14.8. The highest BCUT2D eigenvalue weighted by atomic mass is 32.2. The summed E-state index contributed by atoms with van der Waals surface area (Å²) in [5.74, 6) is -0.476. The van der Waals surface area contributed by atoms with Crippen LogP contribution in [0.2, 0.25) is 0 Å². The first kappa shape index (κ1) is 23.6. The van der Waals surface area contributed by atoms with E-state index in [2.05, 4.69) is 17.3 Å². The Morgan fingerprint density at radius 1 is 0.857 bits per heavy atom. The zero-order chi connectivity index (χ0) is 24.4. The fourth-order valence-electron chi connectivity index (χ4n) is 4.54. The van der Waals surface area contributed by atoms with Crippen molar-refractivity contribution in [2.45, 2.75) is 11.0 Å². The molecule has 1 fully saturated rings. The van der Waals surface area contributed by atoms with Gasteiger partial charge in [0.2, 0.25) is 10.0 Å². The minimum absolute atomic E-state index is 0.0297. The molecule has 1 heterocycles. The summed E-state index contributed by atoms with van der Waals surface area (Å²) < 4.78 is 40.1. The number of aliphatic hydroxyl groups is 1. The van der Waals surface area contributed by atoms with Crippen molar-refractivity contribution in [3.63, 3.8) is 0 Å². The fourth-order valence-corrected chi connectivity index (χ4v) is 5.96. The highest BCUT2D eigenvalue weighted by Gasteiger charge is 2.29. The number of sulfonamides is 1. The van der Waals surface area contributed by atoms with Crippen molar-refractivity contribution in [2.24, 2.45) is 5.16 Å². The normalized spacial score (nSPS) is 17.0. The van der Waals surface area contributed by atoms with Gasteiger partial charge >= 0.3 is 0 Å². The summed E-state index contributed by atoms with van der Waals surface area (Å²) in [6.45, 7) is 1.93. The lowest BCUT2D eigenvalue weighted by atomic mass is 10.1. The van der Waals surface area contributed by atoms with Crippen molar-refractivity contribution in [1.29, 1.82) is 0 Å². The third-order valence-electron chi connectivity index (χ3n) is 6.33. The average Bonchev–Trinajstić information content (AvgIpc) is 3.19. The highest BCUT2D eigenvalue weighted by Crippen LogP contribution is 2.36. The Kier molecular flexibility index (Phi) is 6.66. The van der Waals surface area contributed by atoms with Crippen molar-refractivity contribution in [3.8, 4) is 11.1 Å². The molecule has 0 radical (unpaired) electrons. The maximum Gasteiger partial charge on any atom is 0.243 e. The quantitative estimate of drug-likeness (QED) is 0.399. The number of rotatable bonds is 7. The van der Waals surface area contributed by atoms with Gasteiger partial charge in [0.15, 0.2) is 0 Å². The second kappa shape index (κ2) is 9.87. The second-order valence-corrected chi connectivity index (χ2v) is 10.6. The van der Waals surface area contributed by atoms with Crippen LogP contribution in [-0.4, -0.2) is 73.9 Å². The standard InChI is InChI=1S/C26H26FN3O4S/c27-19-9-11-21(12-10-19)35(32,33)30-15-13-29(14-16-30)17-20(31)18-34-28-26-24-7-3-1-5-22(24)23-6-2-4-8-25(23)26/h1-12,20,31H,13-18H2. The lowest BCUT2D eigenvalue weighted by Crippen LogP contribution is -2.50. The first-order valence-electron chi connectivity index (χ1n) is 11.5. The smallest absolute Gasteiger partial charge is 0.243 e. The van der Waals surface area contributed by atoms with Crippen LogP contribution in [0.4, 0.5) is 4.39 Å². The third-order valence-corrected chi connectivity index (χ3v) is 8.24. The zero-order valence-electron chi connectivity index (χ0n) is 19.0. The van der Waals surface area contributed by atoms with Crippen LogP contribution in [0, 0.1) is 5.82 Å². The van der Waals surface area contributed by atoms with E-state index in [1.54, 1.807) is 0 Å². The number of hydrogen-bond donors (Lipinski definition) is 1. The van der Waals surface area contributed by atoms with Gasteiger partial charge in [-0.05, 0) is 35.4 Å². The van der Waals surface area contributed by atoms with E-state index in [4.69, 9.17) is 4.84 Å². The third kappa shape index (κ3) is 4.85. The Balaban J connectivity index is 1.15. The Morgan fingerprint density at radius 2 is 1.40 bits per heavy atom. The minimum atomic E-state index is -3.67. The average molecular weight is 496 g/mol. The molecule has 1 atom stereocenters. The predicted molar refractivity (Wildman–Crippen MR) is 131 cm³/mol. The van der Waals surface area contributed by atoms with E-state index >= 15 is 0 Å². The molecule has 5 rings (SSSR count). The molecule has 0 saturated carbocycles. The van der Waals surface area contributed by atoms with E-state index < -0.39 is 21.9 Å². The van der Waals surface area contributed by atoms with Crippen LogP contribution in [0.15, 0.2) is 82.8 Å². The molecule has 1 aliphatic carbocycles. The molecule has 0 amide bonds. The number of halogens is 1. The molecule has 1 saturated heterocycles. The number of β-amino-alcohol motifs (C(OH)–C–C–N with tert-alkyl or cyclic N) is 1. The van der Waals surface area contributed by atoms with Gasteiger partial charge in [0.1, 0.15) is 24.2 Å². The molecular weight excluding hydrogens is 469 g/mol. The summed E-state index contributed by atoms with van der Waals surface area (Å²) in [4.78, 5) is 7.63. The summed E-state index contributed by atoms with van der Waals surface area (Å²) in [6.07, 6.45) is -0.772. The molecule has 3 aromatic rings. The summed E-state index contributed by atoms with van der Waals surface area (Å²) in [7, 11) is -3.67. The summed E-state index contributed by atoms with van der Waals surface area (Å²) >= 11 is 0. The molecule has 7 nitrogen and oxygen atoms in total. The lowest BCUT2D eigenvalue weighted by molar-refractivity contribution is 0.0139. The van der Waals surface area contributed by atoms with Crippen molar-refractivity contribution in [2.75, 3.05) is 39.3 Å². The number of hydrogen-bond acceptors (Lipinski definition) is 6. The van der Waals surface area contributed by atoms with Crippen molar-refractivity contribution < 1.29 is 22.8 Å². The Hall–Kier alpha value is -3.11. The first-order valence-corrected chi connectivity index (χ1v) is 12.9. The Morgan fingerprint density at radius 3 is 1.97 bits per heavy atom. The molecule has 9 heteroatoms. The molecule has 182 valence electrons. The second-order valence-electron chi connectivity index (χ2n) is 8.64. The van der Waals surface area contributed by atoms with Crippen LogP contribution < -0.4 is 0 Å². The monoisotopic (exact) mass is 495 g/mol. The van der Waals surface area contributed by atoms with Crippen molar-refractivity contribution >= 4 is 15.7 Å². The van der Waals surface area contributed by atoms with Gasteiger partial charge in [-0.1, -0.05) is 53.7 Å². The SMILES string of the molecule is O=S(=O)(c1ccc(F)cc1)N1CCN(CC(O)CON=C2c3ccccc3-c3ccccc32)CC1. The van der Waals surface area contributed by atoms with Gasteiger partial charge in [-0.3, -0.25) is 4.90 Å². The molecule has 1 aliphatic heterocycles. The van der Waals surface area contributed by atoms with Gasteiger partial charge < -0.3 is 9.94 Å². The van der Waals surface area contributed by atoms with Gasteiger partial charge in [0.05, 0.1) is 4.90 Å². The maximum absolute atomic E-state index is 13.1. The van der Waals surface area contributed by atoms with E-state index in [0.717, 1.165) is 40.1 Å². The molecular formula is C26H26FN3O4S. The van der Waals surface area contributed by atoms with Crippen LogP contribution in [0.25, 0.3) is 11.1 Å². The molecule has 2 aliphatic rings. The fraction of sp³-hybridized carbons (Fsp3) is 0.269. The summed E-state index contributed by atoms with van der Waals surface area (Å²) in [5.41, 5.74) is 4.98. The van der Waals surface area contributed by atoms with Crippen molar-refractivity contribution in [1.82, 2.24) is 9.21 Å². The van der Waals surface area contributed by atoms with Crippen molar-refractivity contribution in [3.05, 3.63) is 89.7 Å². The molecule has 3 aromatic carbocycles. The molecule has 0 aromatic heterocycles. The van der Waals surface area contributed by atoms with E-state index in [0.29, 0.717) is 32.7 Å². The van der Waals surface area contributed by atoms with Crippen LogP contribution in [0.5, 0.6) is 0 Å². The van der Waals surface area contributed by atoms with E-state index in [1.807, 2.05) is 41.3 Å². The largest absolute Gasteiger partial charge is 0.392 e. The summed E-state index contributed by atoms with van der Waals surface area (Å²) in [6, 6.07) is 20.9. The Bertz CT molecular complexity index is 1290. The zero-order valence-corrected chi connectivity index (χ0v) is 19.9. The first-order chi connectivity index (χ1) is 16.9. The number of aliphatic hydroxyl groups excluding tert-OH is 1. The van der Waals surface area contributed by atoms with Crippen LogP contribution in [-0.2, 0) is 14.9 Å². The molecule has 35 heavy (non-hydrogen) atoms. The number of nitrogens with zero attached hydrogens (tertiary/aromatic N) is 3. The topological polar surface area (TPSA) is 82.4 Å². The van der Waals surface area contributed by atoms with E-state index in [1.165, 1.54) is 16.4 Å².